The fraction of sp³-hybridized carbons (Fsp3) is 0.591. The van der Waals surface area contributed by atoms with E-state index in [1.807, 2.05) is 11.0 Å². The van der Waals surface area contributed by atoms with E-state index in [4.69, 9.17) is 19.0 Å². The normalized spacial score (nSPS) is 28.0. The lowest BCUT2D eigenvalue weighted by Crippen LogP contribution is -2.45. The molecule has 1 amide bonds. The quantitative estimate of drug-likeness (QED) is 0.739. The van der Waals surface area contributed by atoms with E-state index in [9.17, 15) is 13.6 Å². The van der Waals surface area contributed by atoms with Gasteiger partial charge in [-0.05, 0) is 50.0 Å². The number of hydrogen-bond donors (Lipinski definition) is 1. The summed E-state index contributed by atoms with van der Waals surface area (Å²) in [5.74, 6) is 0.525. The Morgan fingerprint density at radius 3 is 2.87 bits per heavy atom. The third-order valence-electron chi connectivity index (χ3n) is 6.17. The number of halogens is 2. The van der Waals surface area contributed by atoms with Crippen LogP contribution in [0.5, 0.6) is 11.5 Å². The molecule has 1 N–H and O–H groups in total. The molecule has 0 aromatic heterocycles. The Morgan fingerprint density at radius 1 is 1.26 bits per heavy atom. The van der Waals surface area contributed by atoms with E-state index in [0.717, 1.165) is 43.4 Å². The maximum atomic E-state index is 13.0. The first kappa shape index (κ1) is 20.5. The zero-order chi connectivity index (χ0) is 21.4. The van der Waals surface area contributed by atoms with Crippen LogP contribution >= 0.6 is 0 Å². The number of nitrogens with one attached hydrogen (secondary N) is 1. The molecule has 1 spiro atoms. The number of amides is 1. The first-order valence-electron chi connectivity index (χ1n) is 10.8. The van der Waals surface area contributed by atoms with Crippen molar-refractivity contribution in [1.29, 1.82) is 0 Å². The van der Waals surface area contributed by atoms with Gasteiger partial charge in [-0.3, -0.25) is 15.1 Å². The second-order valence-electron chi connectivity index (χ2n) is 8.61. The summed E-state index contributed by atoms with van der Waals surface area (Å²) >= 11 is 0. The molecule has 31 heavy (non-hydrogen) atoms. The van der Waals surface area contributed by atoms with Crippen LogP contribution in [0, 0.1) is 5.92 Å². The molecule has 1 aliphatic carbocycles. The van der Waals surface area contributed by atoms with Crippen LogP contribution in [0.3, 0.4) is 0 Å². The predicted molar refractivity (Wildman–Crippen MR) is 106 cm³/mol. The van der Waals surface area contributed by atoms with Crippen molar-refractivity contribution in [1.82, 2.24) is 10.4 Å². The zero-order valence-electron chi connectivity index (χ0n) is 17.1. The van der Waals surface area contributed by atoms with Crippen LogP contribution in [-0.2, 0) is 14.4 Å². The number of piperidine rings is 1. The van der Waals surface area contributed by atoms with Crippen LogP contribution in [0.25, 0.3) is 5.70 Å². The molecule has 7 nitrogen and oxygen atoms in total. The molecule has 3 aliphatic heterocycles. The van der Waals surface area contributed by atoms with Crippen molar-refractivity contribution in [2.75, 3.05) is 26.3 Å². The molecule has 0 radical (unpaired) electrons. The number of hydroxylamine groups is 1. The van der Waals surface area contributed by atoms with Gasteiger partial charge in [-0.25, -0.2) is 0 Å². The Kier molecular flexibility index (Phi) is 5.47. The smallest absolute Gasteiger partial charge is 0.387 e. The standard InChI is InChI=1S/C22H26F2N2O5/c23-21(24)30-18-6-5-15(17-11-22(31-25-17)7-9-28-13-22)10-19(18)29-16-2-1-8-26(12-16)20(27)14-3-4-14/h5-6,10-11,14,16,21,25H,1-4,7-9,12-13H2. The number of benzene rings is 1. The van der Waals surface area contributed by atoms with Crippen LogP contribution in [0.4, 0.5) is 8.78 Å². The highest BCUT2D eigenvalue weighted by molar-refractivity contribution is 5.81. The van der Waals surface area contributed by atoms with Gasteiger partial charge in [0.2, 0.25) is 5.91 Å². The summed E-state index contributed by atoms with van der Waals surface area (Å²) in [5, 5.41) is 0. The second kappa shape index (κ2) is 8.27. The maximum Gasteiger partial charge on any atom is 0.387 e. The maximum absolute atomic E-state index is 13.0. The van der Waals surface area contributed by atoms with Crippen molar-refractivity contribution >= 4 is 11.6 Å². The van der Waals surface area contributed by atoms with Gasteiger partial charge in [0.1, 0.15) is 11.7 Å². The van der Waals surface area contributed by atoms with Gasteiger partial charge < -0.3 is 19.1 Å². The number of alkyl halides is 2. The Balaban J connectivity index is 1.35. The highest BCUT2D eigenvalue weighted by atomic mass is 19.3. The van der Waals surface area contributed by atoms with E-state index in [2.05, 4.69) is 5.48 Å². The van der Waals surface area contributed by atoms with Gasteiger partial charge in [0.15, 0.2) is 11.5 Å². The Morgan fingerprint density at radius 2 is 2.13 bits per heavy atom. The summed E-state index contributed by atoms with van der Waals surface area (Å²) in [7, 11) is 0. The fourth-order valence-electron chi connectivity index (χ4n) is 4.34. The molecule has 1 aromatic rings. The van der Waals surface area contributed by atoms with Crippen LogP contribution in [0.15, 0.2) is 24.3 Å². The minimum Gasteiger partial charge on any atom is -0.485 e. The lowest BCUT2D eigenvalue weighted by atomic mass is 10.0. The van der Waals surface area contributed by atoms with Crippen molar-refractivity contribution in [2.45, 2.75) is 50.4 Å². The highest BCUT2D eigenvalue weighted by Gasteiger charge is 2.40. The van der Waals surface area contributed by atoms with Crippen LogP contribution < -0.4 is 15.0 Å². The SMILES string of the molecule is O=C(C1CC1)N1CCCC(Oc2cc(C3=CC4(CCOC4)ON3)ccc2OC(F)F)C1. The summed E-state index contributed by atoms with van der Waals surface area (Å²) in [4.78, 5) is 20.0. The van der Waals surface area contributed by atoms with Gasteiger partial charge >= 0.3 is 6.61 Å². The molecule has 5 rings (SSSR count). The number of carbonyl (C=O) groups is 1. The van der Waals surface area contributed by atoms with E-state index in [1.165, 1.54) is 6.07 Å². The van der Waals surface area contributed by atoms with Gasteiger partial charge in [-0.2, -0.15) is 8.78 Å². The lowest BCUT2D eigenvalue weighted by molar-refractivity contribution is -0.135. The number of nitrogens with zero attached hydrogens (tertiary/aromatic N) is 1. The summed E-state index contributed by atoms with van der Waals surface area (Å²) in [6.07, 6.45) is 5.89. The first-order valence-corrected chi connectivity index (χ1v) is 10.8. The molecular formula is C22H26F2N2O5. The van der Waals surface area contributed by atoms with Crippen molar-refractivity contribution in [2.24, 2.45) is 5.92 Å². The summed E-state index contributed by atoms with van der Waals surface area (Å²) < 4.78 is 42.1. The molecule has 0 bridgehead atoms. The summed E-state index contributed by atoms with van der Waals surface area (Å²) in [5.41, 5.74) is 3.89. The van der Waals surface area contributed by atoms with Gasteiger partial charge in [0.05, 0.1) is 18.8 Å². The average Bonchev–Trinajstić information content (AvgIpc) is 3.38. The molecule has 2 unspecified atom stereocenters. The minimum absolute atomic E-state index is 0.0252. The summed E-state index contributed by atoms with van der Waals surface area (Å²) in [6, 6.07) is 4.84. The van der Waals surface area contributed by atoms with Gasteiger partial charge in [0, 0.05) is 31.1 Å². The monoisotopic (exact) mass is 436 g/mol. The molecule has 2 saturated heterocycles. The van der Waals surface area contributed by atoms with Crippen molar-refractivity contribution in [3.63, 3.8) is 0 Å². The van der Waals surface area contributed by atoms with Gasteiger partial charge in [-0.15, -0.1) is 0 Å². The molecule has 3 fully saturated rings. The molecule has 168 valence electrons. The molecule has 3 heterocycles. The molecule has 9 heteroatoms. The number of likely N-dealkylation sites (tertiary alicyclic amines) is 1. The Hall–Kier alpha value is -2.39. The molecule has 1 aromatic carbocycles. The van der Waals surface area contributed by atoms with E-state index in [-0.39, 0.29) is 29.4 Å². The molecular weight excluding hydrogens is 410 g/mol. The Labute approximate surface area is 179 Å². The average molecular weight is 436 g/mol. The van der Waals surface area contributed by atoms with Crippen LogP contribution in [0.1, 0.15) is 37.7 Å². The predicted octanol–water partition coefficient (Wildman–Crippen LogP) is 3.10. The first-order chi connectivity index (χ1) is 15.0. The second-order valence-corrected chi connectivity index (χ2v) is 8.61. The zero-order valence-corrected chi connectivity index (χ0v) is 17.1. The molecule has 2 atom stereocenters. The van der Waals surface area contributed by atoms with Crippen molar-refractivity contribution in [3.05, 3.63) is 29.8 Å². The Bertz CT molecular complexity index is 867. The number of rotatable bonds is 6. The van der Waals surface area contributed by atoms with Crippen molar-refractivity contribution < 1.29 is 32.6 Å². The van der Waals surface area contributed by atoms with Crippen molar-refractivity contribution in [3.8, 4) is 11.5 Å². The van der Waals surface area contributed by atoms with Crippen LogP contribution in [0.2, 0.25) is 0 Å². The van der Waals surface area contributed by atoms with E-state index in [0.29, 0.717) is 26.3 Å². The minimum atomic E-state index is -2.96. The fourth-order valence-corrected chi connectivity index (χ4v) is 4.34. The number of carbonyl (C=O) groups excluding carboxylic acids is 1. The lowest BCUT2D eigenvalue weighted by Gasteiger charge is -2.33. The van der Waals surface area contributed by atoms with E-state index < -0.39 is 12.2 Å². The molecule has 4 aliphatic rings. The van der Waals surface area contributed by atoms with E-state index in [1.54, 1.807) is 12.1 Å². The summed E-state index contributed by atoms with van der Waals surface area (Å²) in [6.45, 7) is -0.699. The third-order valence-corrected chi connectivity index (χ3v) is 6.17. The van der Waals surface area contributed by atoms with Crippen LogP contribution in [-0.4, -0.2) is 55.4 Å². The van der Waals surface area contributed by atoms with Gasteiger partial charge in [-0.1, -0.05) is 0 Å². The topological polar surface area (TPSA) is 69.3 Å². The third kappa shape index (κ3) is 4.48. The van der Waals surface area contributed by atoms with Gasteiger partial charge in [0.25, 0.3) is 0 Å². The molecule has 1 saturated carbocycles. The number of ether oxygens (including phenoxy) is 3. The number of hydrogen-bond acceptors (Lipinski definition) is 6. The largest absolute Gasteiger partial charge is 0.485 e. The highest BCUT2D eigenvalue weighted by Crippen LogP contribution is 2.38. The van der Waals surface area contributed by atoms with E-state index >= 15 is 0 Å².